The molecule has 0 radical (unpaired) electrons. The summed E-state index contributed by atoms with van der Waals surface area (Å²) >= 11 is 0. The molecular formula is C22H23N3O5. The molecule has 2 heterocycles. The molecule has 0 atom stereocenters. The van der Waals surface area contributed by atoms with Crippen LogP contribution in [0, 0.1) is 0 Å². The summed E-state index contributed by atoms with van der Waals surface area (Å²) in [5, 5.41) is 1.43. The third-order valence-electron chi connectivity index (χ3n) is 4.63. The van der Waals surface area contributed by atoms with Gasteiger partial charge in [-0.3, -0.25) is 9.59 Å². The Morgan fingerprint density at radius 3 is 2.50 bits per heavy atom. The van der Waals surface area contributed by atoms with Gasteiger partial charge in [-0.1, -0.05) is 30.9 Å². The Morgan fingerprint density at radius 2 is 1.83 bits per heavy atom. The molecule has 2 aromatic heterocycles. The number of fused-ring (bicyclic) bond motifs is 3. The highest BCUT2D eigenvalue weighted by Gasteiger charge is 2.25. The molecule has 0 spiro atoms. The van der Waals surface area contributed by atoms with Crippen LogP contribution in [0.3, 0.4) is 0 Å². The number of hydrogen-bond acceptors (Lipinski definition) is 6. The van der Waals surface area contributed by atoms with Crippen molar-refractivity contribution in [1.82, 2.24) is 14.5 Å². The number of amides is 1. The Labute approximate surface area is 173 Å². The van der Waals surface area contributed by atoms with Crippen LogP contribution in [-0.2, 0) is 14.3 Å². The number of esters is 1. The predicted molar refractivity (Wildman–Crippen MR) is 113 cm³/mol. The van der Waals surface area contributed by atoms with Gasteiger partial charge < -0.3 is 14.4 Å². The average molecular weight is 409 g/mol. The fourth-order valence-corrected chi connectivity index (χ4v) is 3.39. The zero-order valence-corrected chi connectivity index (χ0v) is 17.2. The molecule has 30 heavy (non-hydrogen) atoms. The van der Waals surface area contributed by atoms with Crippen LogP contribution in [-0.4, -0.2) is 59.2 Å². The van der Waals surface area contributed by atoms with Crippen molar-refractivity contribution in [2.45, 2.75) is 13.8 Å². The number of benzene rings is 1. The van der Waals surface area contributed by atoms with E-state index in [0.717, 1.165) is 5.39 Å². The van der Waals surface area contributed by atoms with Crippen LogP contribution in [0.1, 0.15) is 29.9 Å². The summed E-state index contributed by atoms with van der Waals surface area (Å²) < 4.78 is 11.5. The van der Waals surface area contributed by atoms with Crippen LogP contribution in [0.25, 0.3) is 27.9 Å². The van der Waals surface area contributed by atoms with Crippen molar-refractivity contribution in [1.29, 1.82) is 0 Å². The van der Waals surface area contributed by atoms with Crippen LogP contribution in [0.4, 0.5) is 4.79 Å². The van der Waals surface area contributed by atoms with Gasteiger partial charge in [0.25, 0.3) is 5.91 Å². The van der Waals surface area contributed by atoms with Crippen LogP contribution in [0.15, 0.2) is 37.0 Å². The second kappa shape index (κ2) is 8.77. The highest BCUT2D eigenvalue weighted by atomic mass is 16.5. The molecule has 0 saturated heterocycles. The predicted octanol–water partition coefficient (Wildman–Crippen LogP) is 3.47. The molecule has 0 fully saturated rings. The minimum absolute atomic E-state index is 0.135. The minimum atomic E-state index is -0.529. The van der Waals surface area contributed by atoms with Gasteiger partial charge in [0.15, 0.2) is 0 Å². The van der Waals surface area contributed by atoms with E-state index in [1.165, 1.54) is 28.8 Å². The fraction of sp³-hybridized carbons (Fsp3) is 0.273. The smallest absolute Gasteiger partial charge is 0.419 e. The second-order valence-corrected chi connectivity index (χ2v) is 6.50. The molecule has 0 bridgehead atoms. The van der Waals surface area contributed by atoms with Gasteiger partial charge in [0.05, 0.1) is 30.4 Å². The number of rotatable bonds is 6. The van der Waals surface area contributed by atoms with E-state index in [4.69, 9.17) is 9.47 Å². The molecule has 0 unspecified atom stereocenters. The van der Waals surface area contributed by atoms with Crippen molar-refractivity contribution in [2.24, 2.45) is 0 Å². The highest BCUT2D eigenvalue weighted by Crippen LogP contribution is 2.33. The van der Waals surface area contributed by atoms with E-state index < -0.39 is 18.0 Å². The zero-order chi connectivity index (χ0) is 21.8. The number of nitrogens with zero attached hydrogens (tertiary/aromatic N) is 3. The van der Waals surface area contributed by atoms with Crippen LogP contribution in [0.5, 0.6) is 0 Å². The van der Waals surface area contributed by atoms with Gasteiger partial charge in [0, 0.05) is 23.4 Å². The zero-order valence-electron chi connectivity index (χ0n) is 17.2. The second-order valence-electron chi connectivity index (χ2n) is 6.50. The lowest BCUT2D eigenvalue weighted by Gasteiger charge is -2.17. The molecule has 3 rings (SSSR count). The number of carbonyl (C=O) groups is 3. The van der Waals surface area contributed by atoms with E-state index in [9.17, 15) is 14.4 Å². The molecule has 0 N–H and O–H groups in total. The van der Waals surface area contributed by atoms with Gasteiger partial charge in [0.2, 0.25) is 0 Å². The molecule has 8 heteroatoms. The SMILES string of the molecule is C=Cc1c(C(=O)N(C)CC(=O)OCC)ncc2c1c1ccccc1n2C(=O)OCC. The van der Waals surface area contributed by atoms with E-state index >= 15 is 0 Å². The number of likely N-dealkylation sites (N-methyl/N-ethyl adjacent to an activating group) is 1. The summed E-state index contributed by atoms with van der Waals surface area (Å²) in [5.41, 5.74) is 1.76. The van der Waals surface area contributed by atoms with E-state index in [2.05, 4.69) is 11.6 Å². The average Bonchev–Trinajstić information content (AvgIpc) is 3.07. The number of ether oxygens (including phenoxy) is 2. The summed E-state index contributed by atoms with van der Waals surface area (Å²) in [4.78, 5) is 42.9. The molecular weight excluding hydrogens is 386 g/mol. The normalized spacial score (nSPS) is 10.8. The van der Waals surface area contributed by atoms with Gasteiger partial charge in [0.1, 0.15) is 12.2 Å². The molecule has 0 aliphatic carbocycles. The first-order chi connectivity index (χ1) is 14.4. The molecule has 0 aliphatic heterocycles. The summed E-state index contributed by atoms with van der Waals surface area (Å²) in [5.74, 6) is -0.957. The minimum Gasteiger partial charge on any atom is -0.465 e. The lowest BCUT2D eigenvalue weighted by atomic mass is 10.0. The van der Waals surface area contributed by atoms with Crippen molar-refractivity contribution < 1.29 is 23.9 Å². The van der Waals surface area contributed by atoms with Gasteiger partial charge in [-0.05, 0) is 19.9 Å². The Bertz CT molecular complexity index is 1150. The maximum Gasteiger partial charge on any atom is 0.419 e. The summed E-state index contributed by atoms with van der Waals surface area (Å²) in [6.07, 6.45) is 2.46. The Kier molecular flexibility index (Phi) is 6.15. The Morgan fingerprint density at radius 1 is 1.13 bits per heavy atom. The Hall–Kier alpha value is -3.68. The van der Waals surface area contributed by atoms with Crippen LogP contribution < -0.4 is 0 Å². The van der Waals surface area contributed by atoms with Crippen LogP contribution >= 0.6 is 0 Å². The first kappa shape index (κ1) is 21.0. The van der Waals surface area contributed by atoms with E-state index in [-0.39, 0.29) is 25.5 Å². The van der Waals surface area contributed by atoms with Crippen molar-refractivity contribution in [3.63, 3.8) is 0 Å². The standard InChI is InChI=1S/C22H23N3O5/c1-5-14-19-15-10-8-9-11-16(15)25(22(28)30-7-3)17(19)12-23-20(14)21(27)24(4)13-18(26)29-6-2/h5,8-12H,1,6-7,13H2,2-4H3. The summed E-state index contributed by atoms with van der Waals surface area (Å²) in [6, 6.07) is 7.32. The number of aromatic nitrogens is 2. The number of para-hydroxylation sites is 1. The molecule has 1 amide bonds. The van der Waals surface area contributed by atoms with Crippen molar-refractivity contribution in [2.75, 3.05) is 26.8 Å². The van der Waals surface area contributed by atoms with Gasteiger partial charge in [-0.2, -0.15) is 0 Å². The first-order valence-electron chi connectivity index (χ1n) is 9.57. The van der Waals surface area contributed by atoms with Crippen molar-refractivity contribution in [3.05, 3.63) is 48.3 Å². The third kappa shape index (κ3) is 3.63. The topological polar surface area (TPSA) is 90.7 Å². The summed E-state index contributed by atoms with van der Waals surface area (Å²) in [7, 11) is 1.50. The molecule has 1 aromatic carbocycles. The maximum absolute atomic E-state index is 13.0. The number of hydrogen-bond donors (Lipinski definition) is 0. The maximum atomic E-state index is 13.0. The van der Waals surface area contributed by atoms with E-state index in [1.54, 1.807) is 19.9 Å². The molecule has 8 nitrogen and oxygen atoms in total. The molecule has 156 valence electrons. The lowest BCUT2D eigenvalue weighted by Crippen LogP contribution is -2.34. The lowest BCUT2D eigenvalue weighted by molar-refractivity contribution is -0.143. The third-order valence-corrected chi connectivity index (χ3v) is 4.63. The molecule has 3 aromatic rings. The molecule has 0 aliphatic rings. The van der Waals surface area contributed by atoms with Crippen LogP contribution in [0.2, 0.25) is 0 Å². The quantitative estimate of drug-likeness (QED) is 0.579. The fourth-order valence-electron chi connectivity index (χ4n) is 3.39. The van der Waals surface area contributed by atoms with Crippen molar-refractivity contribution >= 4 is 45.9 Å². The number of pyridine rings is 1. The van der Waals surface area contributed by atoms with Gasteiger partial charge in [-0.15, -0.1) is 0 Å². The van der Waals surface area contributed by atoms with E-state index in [0.29, 0.717) is 22.0 Å². The monoisotopic (exact) mass is 409 g/mol. The molecule has 0 saturated carbocycles. The summed E-state index contributed by atoms with van der Waals surface area (Å²) in [6.45, 7) is 7.53. The highest BCUT2D eigenvalue weighted by molar-refractivity contribution is 6.17. The van der Waals surface area contributed by atoms with Crippen molar-refractivity contribution in [3.8, 4) is 0 Å². The van der Waals surface area contributed by atoms with Gasteiger partial charge in [-0.25, -0.2) is 14.3 Å². The largest absolute Gasteiger partial charge is 0.465 e. The van der Waals surface area contributed by atoms with E-state index in [1.807, 2.05) is 18.2 Å². The number of carbonyl (C=O) groups excluding carboxylic acids is 3. The Balaban J connectivity index is 2.19. The van der Waals surface area contributed by atoms with Gasteiger partial charge >= 0.3 is 12.1 Å². The first-order valence-corrected chi connectivity index (χ1v) is 9.57.